The van der Waals surface area contributed by atoms with Crippen LogP contribution in [-0.4, -0.2) is 36.2 Å². The maximum atomic E-state index is 13.2. The van der Waals surface area contributed by atoms with Gasteiger partial charge in [0.15, 0.2) is 0 Å². The molecular formula is C16H19FN2O2. The summed E-state index contributed by atoms with van der Waals surface area (Å²) >= 11 is 0. The predicted molar refractivity (Wildman–Crippen MR) is 77.2 cm³/mol. The van der Waals surface area contributed by atoms with E-state index in [1.54, 1.807) is 18.4 Å². The molecule has 0 spiro atoms. The molecule has 0 saturated carbocycles. The zero-order valence-electron chi connectivity index (χ0n) is 12.1. The van der Waals surface area contributed by atoms with E-state index in [1.165, 1.54) is 12.1 Å². The van der Waals surface area contributed by atoms with E-state index in [0.717, 1.165) is 31.7 Å². The summed E-state index contributed by atoms with van der Waals surface area (Å²) in [6, 6.07) is 6.27. The number of hydrogen-bond donors (Lipinski definition) is 0. The fourth-order valence-corrected chi connectivity index (χ4v) is 2.61. The van der Waals surface area contributed by atoms with Crippen LogP contribution in [-0.2, 0) is 11.3 Å². The molecule has 1 aromatic carbocycles. The van der Waals surface area contributed by atoms with Crippen molar-refractivity contribution in [1.82, 2.24) is 9.88 Å². The number of likely N-dealkylation sites (N-methyl/N-ethyl adjacent to an activating group) is 1. The molecule has 1 fully saturated rings. The van der Waals surface area contributed by atoms with E-state index < -0.39 is 0 Å². The molecule has 1 aromatic heterocycles. The minimum atomic E-state index is -0.289. The van der Waals surface area contributed by atoms with E-state index in [2.05, 4.69) is 9.88 Å². The van der Waals surface area contributed by atoms with E-state index in [-0.39, 0.29) is 5.82 Å². The lowest BCUT2D eigenvalue weighted by atomic mass is 10.2. The highest BCUT2D eigenvalue weighted by Gasteiger charge is 2.18. The number of oxazole rings is 1. The molecule has 2 heterocycles. The second-order valence-electron chi connectivity index (χ2n) is 5.49. The third kappa shape index (κ3) is 3.68. The normalized spacial score (nSPS) is 18.5. The number of ether oxygens (including phenoxy) is 1. The van der Waals surface area contributed by atoms with Gasteiger partial charge in [-0.1, -0.05) is 6.07 Å². The Labute approximate surface area is 123 Å². The zero-order chi connectivity index (χ0) is 14.7. The highest BCUT2D eigenvalue weighted by Crippen LogP contribution is 2.20. The first kappa shape index (κ1) is 14.2. The maximum absolute atomic E-state index is 13.2. The first-order chi connectivity index (χ1) is 10.2. The van der Waals surface area contributed by atoms with E-state index in [9.17, 15) is 4.39 Å². The fourth-order valence-electron chi connectivity index (χ4n) is 2.61. The van der Waals surface area contributed by atoms with Gasteiger partial charge in [0.05, 0.1) is 11.8 Å². The van der Waals surface area contributed by atoms with E-state index >= 15 is 0 Å². The Morgan fingerprint density at radius 1 is 1.43 bits per heavy atom. The smallest absolute Gasteiger partial charge is 0.226 e. The highest BCUT2D eigenvalue weighted by atomic mass is 19.1. The summed E-state index contributed by atoms with van der Waals surface area (Å²) in [6.07, 6.45) is 4.22. The van der Waals surface area contributed by atoms with Gasteiger partial charge in [-0.15, -0.1) is 0 Å². The first-order valence-electron chi connectivity index (χ1n) is 7.21. The summed E-state index contributed by atoms with van der Waals surface area (Å²) in [5.41, 5.74) is 1.50. The van der Waals surface area contributed by atoms with Crippen LogP contribution in [0.2, 0.25) is 0 Å². The molecule has 0 aliphatic carbocycles. The summed E-state index contributed by atoms with van der Waals surface area (Å²) < 4.78 is 24.3. The molecular weight excluding hydrogens is 271 g/mol. The van der Waals surface area contributed by atoms with Crippen LogP contribution >= 0.6 is 0 Å². The average molecular weight is 290 g/mol. The molecule has 0 amide bonds. The molecule has 2 aromatic rings. The largest absolute Gasteiger partial charge is 0.444 e. The average Bonchev–Trinajstić information content (AvgIpc) is 3.10. The number of nitrogens with zero attached hydrogens (tertiary/aromatic N) is 2. The Hall–Kier alpha value is -1.72. The molecule has 0 radical (unpaired) electrons. The van der Waals surface area contributed by atoms with Crippen LogP contribution in [0.15, 0.2) is 34.9 Å². The molecule has 0 unspecified atom stereocenters. The van der Waals surface area contributed by atoms with Gasteiger partial charge < -0.3 is 9.15 Å². The molecule has 5 heteroatoms. The SMILES string of the molecule is CN(Cc1coc(-c2cccc(F)c2)n1)C[C@H]1CCCO1. The molecule has 0 N–H and O–H groups in total. The van der Waals surface area contributed by atoms with Crippen molar-refractivity contribution in [3.05, 3.63) is 42.0 Å². The number of halogens is 1. The van der Waals surface area contributed by atoms with Crippen LogP contribution in [0.25, 0.3) is 11.5 Å². The highest BCUT2D eigenvalue weighted by molar-refractivity contribution is 5.52. The molecule has 0 bridgehead atoms. The number of benzene rings is 1. The van der Waals surface area contributed by atoms with Crippen molar-refractivity contribution in [2.75, 3.05) is 20.2 Å². The lowest BCUT2D eigenvalue weighted by molar-refractivity contribution is 0.0790. The molecule has 1 aliphatic rings. The molecule has 4 nitrogen and oxygen atoms in total. The van der Waals surface area contributed by atoms with Gasteiger partial charge in [-0.2, -0.15) is 0 Å². The van der Waals surface area contributed by atoms with Gasteiger partial charge in [-0.25, -0.2) is 9.37 Å². The van der Waals surface area contributed by atoms with Gasteiger partial charge >= 0.3 is 0 Å². The van der Waals surface area contributed by atoms with Crippen LogP contribution in [0.1, 0.15) is 18.5 Å². The van der Waals surface area contributed by atoms with Gasteiger partial charge in [0.1, 0.15) is 12.1 Å². The lowest BCUT2D eigenvalue weighted by Gasteiger charge is -2.18. The van der Waals surface area contributed by atoms with Crippen molar-refractivity contribution in [3.63, 3.8) is 0 Å². The Balaban J connectivity index is 1.62. The van der Waals surface area contributed by atoms with Gasteiger partial charge in [0.25, 0.3) is 0 Å². The van der Waals surface area contributed by atoms with Gasteiger partial charge in [-0.3, -0.25) is 4.90 Å². The van der Waals surface area contributed by atoms with Gasteiger partial charge in [-0.05, 0) is 38.1 Å². The van der Waals surface area contributed by atoms with Gasteiger partial charge in [0.2, 0.25) is 5.89 Å². The van der Waals surface area contributed by atoms with Crippen LogP contribution in [0, 0.1) is 5.82 Å². The van der Waals surface area contributed by atoms with Crippen molar-refractivity contribution in [1.29, 1.82) is 0 Å². The van der Waals surface area contributed by atoms with Crippen molar-refractivity contribution >= 4 is 0 Å². The summed E-state index contributed by atoms with van der Waals surface area (Å²) in [4.78, 5) is 6.59. The molecule has 112 valence electrons. The maximum Gasteiger partial charge on any atom is 0.226 e. The van der Waals surface area contributed by atoms with Crippen molar-refractivity contribution < 1.29 is 13.5 Å². The van der Waals surface area contributed by atoms with Crippen LogP contribution < -0.4 is 0 Å². The molecule has 3 rings (SSSR count). The minimum absolute atomic E-state index is 0.289. The quantitative estimate of drug-likeness (QED) is 0.848. The Morgan fingerprint density at radius 2 is 2.33 bits per heavy atom. The monoisotopic (exact) mass is 290 g/mol. The standard InChI is InChI=1S/C16H19FN2O2/c1-19(10-15-6-3-7-20-15)9-14-11-21-16(18-14)12-4-2-5-13(17)8-12/h2,4-5,8,11,15H,3,6-7,9-10H2,1H3/t15-/m1/s1. The number of hydrogen-bond acceptors (Lipinski definition) is 4. The van der Waals surface area contributed by atoms with Gasteiger partial charge in [0, 0.05) is 25.3 Å². The third-order valence-corrected chi connectivity index (χ3v) is 3.59. The van der Waals surface area contributed by atoms with Crippen LogP contribution in [0.4, 0.5) is 4.39 Å². The van der Waals surface area contributed by atoms with Crippen molar-refractivity contribution in [3.8, 4) is 11.5 Å². The summed E-state index contributed by atoms with van der Waals surface area (Å²) in [5.74, 6) is 0.165. The molecule has 1 saturated heterocycles. The summed E-state index contributed by atoms with van der Waals surface area (Å²) in [7, 11) is 2.04. The number of aromatic nitrogens is 1. The Kier molecular flexibility index (Phi) is 4.31. The fraction of sp³-hybridized carbons (Fsp3) is 0.438. The predicted octanol–water partition coefficient (Wildman–Crippen LogP) is 3.09. The Bertz CT molecular complexity index is 593. The lowest BCUT2D eigenvalue weighted by Crippen LogP contribution is -2.28. The van der Waals surface area contributed by atoms with Crippen LogP contribution in [0.3, 0.4) is 0 Å². The third-order valence-electron chi connectivity index (χ3n) is 3.59. The van der Waals surface area contributed by atoms with Crippen molar-refractivity contribution in [2.24, 2.45) is 0 Å². The van der Waals surface area contributed by atoms with E-state index in [0.29, 0.717) is 24.1 Å². The zero-order valence-corrected chi connectivity index (χ0v) is 12.1. The van der Waals surface area contributed by atoms with E-state index in [1.807, 2.05) is 7.05 Å². The molecule has 1 aliphatic heterocycles. The van der Waals surface area contributed by atoms with Crippen molar-refractivity contribution in [2.45, 2.75) is 25.5 Å². The van der Waals surface area contributed by atoms with Crippen LogP contribution in [0.5, 0.6) is 0 Å². The molecule has 21 heavy (non-hydrogen) atoms. The first-order valence-corrected chi connectivity index (χ1v) is 7.21. The summed E-state index contributed by atoms with van der Waals surface area (Å²) in [5, 5.41) is 0. The topological polar surface area (TPSA) is 38.5 Å². The molecule has 1 atom stereocenters. The van der Waals surface area contributed by atoms with E-state index in [4.69, 9.17) is 9.15 Å². The Morgan fingerprint density at radius 3 is 3.10 bits per heavy atom. The minimum Gasteiger partial charge on any atom is -0.444 e. The second kappa shape index (κ2) is 6.37. The number of rotatable bonds is 5. The summed E-state index contributed by atoms with van der Waals surface area (Å²) in [6.45, 7) is 2.45. The second-order valence-corrected chi connectivity index (χ2v) is 5.49.